The third kappa shape index (κ3) is 4.83. The first kappa shape index (κ1) is 19.8. The Labute approximate surface area is 164 Å². The molecule has 28 heavy (non-hydrogen) atoms. The highest BCUT2D eigenvalue weighted by molar-refractivity contribution is 6.76. The Kier molecular flexibility index (Phi) is 5.89. The number of hydrogen-bond acceptors (Lipinski definition) is 4. The number of ether oxygens (including phenoxy) is 1. The molecule has 3 heterocycles. The third-order valence-electron chi connectivity index (χ3n) is 4.16. The van der Waals surface area contributed by atoms with Crippen LogP contribution in [0, 0.1) is 29.0 Å². The zero-order valence-electron chi connectivity index (χ0n) is 16.2. The smallest absolute Gasteiger partial charge is 0.144 e. The molecule has 3 aromatic heterocycles. The van der Waals surface area contributed by atoms with Crippen LogP contribution in [-0.2, 0) is 11.5 Å². The summed E-state index contributed by atoms with van der Waals surface area (Å²) in [6.45, 7) is 7.94. The number of hydrogen-bond donors (Lipinski definition) is 0. The fourth-order valence-corrected chi connectivity index (χ4v) is 3.38. The number of aromatic nitrogens is 3. The van der Waals surface area contributed by atoms with E-state index in [-0.39, 0.29) is 0 Å². The van der Waals surface area contributed by atoms with Crippen LogP contribution in [0.1, 0.15) is 16.8 Å². The van der Waals surface area contributed by atoms with Crippen LogP contribution in [0.4, 0.5) is 4.39 Å². The molecule has 3 aromatic rings. The lowest BCUT2D eigenvalue weighted by molar-refractivity contribution is 0.0898. The molecule has 0 aliphatic carbocycles. The number of pyridine rings is 2. The Morgan fingerprint density at radius 3 is 2.64 bits per heavy atom. The normalized spacial score (nSPS) is 11.1. The standard InChI is InChI=1S/C21H21FN4OSi/c1-28(2,3)11-10-27-15-26-14-17(12-23)20-16(8-9-24-21(20)26)4-6-19-7-5-18(22)13-25-19/h5,7-9,13-14H,10-11,15H2,1-3H3. The molecule has 0 N–H and O–H groups in total. The van der Waals surface area contributed by atoms with Gasteiger partial charge in [-0.15, -0.1) is 0 Å². The molecule has 0 saturated carbocycles. The molecule has 0 aromatic carbocycles. The van der Waals surface area contributed by atoms with Crippen molar-refractivity contribution in [3.8, 4) is 17.9 Å². The SMILES string of the molecule is C[Si](C)(C)CCOCn1cc(C#N)c2c(C#Cc3ccc(F)cn3)ccnc21. The van der Waals surface area contributed by atoms with Crippen molar-refractivity contribution in [1.29, 1.82) is 5.26 Å². The van der Waals surface area contributed by atoms with E-state index in [1.165, 1.54) is 12.1 Å². The Bertz CT molecular complexity index is 1080. The van der Waals surface area contributed by atoms with E-state index in [0.29, 0.717) is 41.2 Å². The second-order valence-electron chi connectivity index (χ2n) is 7.64. The van der Waals surface area contributed by atoms with Crippen molar-refractivity contribution in [2.24, 2.45) is 0 Å². The van der Waals surface area contributed by atoms with E-state index in [4.69, 9.17) is 4.74 Å². The van der Waals surface area contributed by atoms with Crippen molar-refractivity contribution in [1.82, 2.24) is 14.5 Å². The number of fused-ring (bicyclic) bond motifs is 1. The summed E-state index contributed by atoms with van der Waals surface area (Å²) in [6.07, 6.45) is 4.53. The number of halogens is 1. The van der Waals surface area contributed by atoms with Gasteiger partial charge in [0.05, 0.1) is 17.1 Å². The summed E-state index contributed by atoms with van der Waals surface area (Å²) in [4.78, 5) is 8.35. The van der Waals surface area contributed by atoms with Crippen LogP contribution in [0.15, 0.2) is 36.8 Å². The van der Waals surface area contributed by atoms with Gasteiger partial charge in [-0.2, -0.15) is 5.26 Å². The Morgan fingerprint density at radius 1 is 1.14 bits per heavy atom. The maximum Gasteiger partial charge on any atom is 0.144 e. The van der Waals surface area contributed by atoms with Crippen molar-refractivity contribution >= 4 is 19.1 Å². The molecule has 0 aliphatic rings. The van der Waals surface area contributed by atoms with Gasteiger partial charge in [-0.1, -0.05) is 25.6 Å². The molecule has 7 heteroatoms. The van der Waals surface area contributed by atoms with Crippen LogP contribution >= 0.6 is 0 Å². The van der Waals surface area contributed by atoms with E-state index in [1.807, 2.05) is 4.57 Å². The number of nitriles is 1. The molecule has 0 radical (unpaired) electrons. The zero-order valence-corrected chi connectivity index (χ0v) is 17.2. The van der Waals surface area contributed by atoms with Crippen LogP contribution < -0.4 is 0 Å². The molecule has 0 fully saturated rings. The molecule has 0 saturated heterocycles. The first-order valence-electron chi connectivity index (χ1n) is 8.97. The fourth-order valence-electron chi connectivity index (χ4n) is 2.63. The number of nitrogens with zero attached hydrogens (tertiary/aromatic N) is 4. The maximum atomic E-state index is 13.0. The van der Waals surface area contributed by atoms with E-state index in [1.54, 1.807) is 18.5 Å². The highest BCUT2D eigenvalue weighted by Crippen LogP contribution is 2.23. The van der Waals surface area contributed by atoms with Crippen LogP contribution in [0.5, 0.6) is 0 Å². The van der Waals surface area contributed by atoms with Gasteiger partial charge in [0.15, 0.2) is 0 Å². The van der Waals surface area contributed by atoms with Gasteiger partial charge in [-0.3, -0.25) is 0 Å². The predicted octanol–water partition coefficient (Wildman–Crippen LogP) is 4.15. The predicted molar refractivity (Wildman–Crippen MR) is 109 cm³/mol. The lowest BCUT2D eigenvalue weighted by Crippen LogP contribution is -2.22. The second kappa shape index (κ2) is 8.35. The third-order valence-corrected chi connectivity index (χ3v) is 5.86. The molecule has 0 atom stereocenters. The van der Waals surface area contributed by atoms with Gasteiger partial charge in [0, 0.05) is 32.6 Å². The zero-order chi connectivity index (χ0) is 20.1. The molecule has 0 bridgehead atoms. The summed E-state index contributed by atoms with van der Waals surface area (Å²) in [6, 6.07) is 7.88. The minimum atomic E-state index is -1.16. The molecular weight excluding hydrogens is 371 g/mol. The highest BCUT2D eigenvalue weighted by Gasteiger charge is 2.14. The van der Waals surface area contributed by atoms with Crippen LogP contribution in [0.3, 0.4) is 0 Å². The fraction of sp³-hybridized carbons (Fsp3) is 0.286. The summed E-state index contributed by atoms with van der Waals surface area (Å²) in [5.74, 6) is 5.53. The van der Waals surface area contributed by atoms with E-state index in [9.17, 15) is 9.65 Å². The number of rotatable bonds is 5. The summed E-state index contributed by atoms with van der Waals surface area (Å²) in [5.41, 5.74) is 2.28. The maximum absolute atomic E-state index is 13.0. The van der Waals surface area contributed by atoms with Crippen LogP contribution in [0.25, 0.3) is 11.0 Å². The average Bonchev–Trinajstić information content (AvgIpc) is 3.03. The van der Waals surface area contributed by atoms with E-state index in [0.717, 1.165) is 12.2 Å². The van der Waals surface area contributed by atoms with Gasteiger partial charge in [-0.05, 0) is 30.2 Å². The Morgan fingerprint density at radius 2 is 1.96 bits per heavy atom. The minimum Gasteiger partial charge on any atom is -0.361 e. The van der Waals surface area contributed by atoms with Crippen molar-refractivity contribution in [3.05, 3.63) is 59.4 Å². The van der Waals surface area contributed by atoms with Crippen molar-refractivity contribution in [2.75, 3.05) is 6.61 Å². The Balaban J connectivity index is 1.88. The largest absolute Gasteiger partial charge is 0.361 e. The molecule has 3 rings (SSSR count). The minimum absolute atomic E-state index is 0.339. The van der Waals surface area contributed by atoms with Crippen molar-refractivity contribution in [3.63, 3.8) is 0 Å². The van der Waals surface area contributed by atoms with Crippen molar-refractivity contribution in [2.45, 2.75) is 32.4 Å². The average molecular weight is 393 g/mol. The van der Waals surface area contributed by atoms with Gasteiger partial charge in [0.25, 0.3) is 0 Å². The van der Waals surface area contributed by atoms with Gasteiger partial charge in [0.2, 0.25) is 0 Å². The van der Waals surface area contributed by atoms with E-state index < -0.39 is 13.9 Å². The topological polar surface area (TPSA) is 63.7 Å². The van der Waals surface area contributed by atoms with Gasteiger partial charge < -0.3 is 9.30 Å². The lowest BCUT2D eigenvalue weighted by atomic mass is 10.1. The van der Waals surface area contributed by atoms with E-state index in [2.05, 4.69) is 47.5 Å². The second-order valence-corrected chi connectivity index (χ2v) is 13.3. The molecule has 0 spiro atoms. The van der Waals surface area contributed by atoms with Gasteiger partial charge in [0.1, 0.15) is 30.0 Å². The molecule has 5 nitrogen and oxygen atoms in total. The molecule has 0 amide bonds. The summed E-state index contributed by atoms with van der Waals surface area (Å²) in [7, 11) is -1.16. The first-order valence-corrected chi connectivity index (χ1v) is 12.7. The molecule has 0 aliphatic heterocycles. The van der Waals surface area contributed by atoms with Crippen molar-refractivity contribution < 1.29 is 9.13 Å². The van der Waals surface area contributed by atoms with Crippen LogP contribution in [0.2, 0.25) is 25.7 Å². The van der Waals surface area contributed by atoms with E-state index >= 15 is 0 Å². The summed E-state index contributed by atoms with van der Waals surface area (Å²) < 4.78 is 20.6. The molecular formula is C21H21FN4OSi. The monoisotopic (exact) mass is 392 g/mol. The molecule has 142 valence electrons. The highest BCUT2D eigenvalue weighted by atomic mass is 28.3. The summed E-state index contributed by atoms with van der Waals surface area (Å²) >= 11 is 0. The van der Waals surface area contributed by atoms with Crippen LogP contribution in [-0.4, -0.2) is 29.2 Å². The van der Waals surface area contributed by atoms with Gasteiger partial charge in [-0.25, -0.2) is 14.4 Å². The lowest BCUT2D eigenvalue weighted by Gasteiger charge is -2.15. The van der Waals surface area contributed by atoms with Gasteiger partial charge >= 0.3 is 0 Å². The first-order chi connectivity index (χ1) is 13.4. The Hall–Kier alpha value is -3.00. The summed E-state index contributed by atoms with van der Waals surface area (Å²) in [5, 5.41) is 10.2. The quantitative estimate of drug-likeness (QED) is 0.372. The molecule has 0 unspecified atom stereocenters.